The SMILES string of the molecule is O=C(NCCO)c1cccc(Nc2ncc3nnn(-c4cccc(F)c4)c3n2)c1. The second kappa shape index (κ2) is 7.98. The molecule has 0 fully saturated rings. The largest absolute Gasteiger partial charge is 0.395 e. The Labute approximate surface area is 164 Å². The van der Waals surface area contributed by atoms with E-state index in [1.807, 2.05) is 0 Å². The highest BCUT2D eigenvalue weighted by Gasteiger charge is 2.12. The molecule has 0 atom stereocenters. The molecule has 1 amide bonds. The van der Waals surface area contributed by atoms with Gasteiger partial charge in [0.05, 0.1) is 18.5 Å². The van der Waals surface area contributed by atoms with Crippen molar-refractivity contribution in [1.82, 2.24) is 30.3 Å². The molecule has 0 aliphatic heterocycles. The van der Waals surface area contributed by atoms with Crippen LogP contribution in [0.1, 0.15) is 10.4 Å². The highest BCUT2D eigenvalue weighted by atomic mass is 19.1. The molecule has 146 valence electrons. The van der Waals surface area contributed by atoms with E-state index < -0.39 is 5.82 Å². The smallest absolute Gasteiger partial charge is 0.251 e. The fourth-order valence-corrected chi connectivity index (χ4v) is 2.71. The van der Waals surface area contributed by atoms with Gasteiger partial charge in [0.15, 0.2) is 11.2 Å². The third-order valence-corrected chi connectivity index (χ3v) is 4.02. The molecule has 2 aromatic heterocycles. The number of amides is 1. The van der Waals surface area contributed by atoms with E-state index in [4.69, 9.17) is 5.11 Å². The summed E-state index contributed by atoms with van der Waals surface area (Å²) in [6, 6.07) is 12.7. The average Bonchev–Trinajstić information content (AvgIpc) is 3.15. The van der Waals surface area contributed by atoms with Crippen molar-refractivity contribution in [3.05, 3.63) is 66.1 Å². The zero-order valence-corrected chi connectivity index (χ0v) is 15.1. The van der Waals surface area contributed by atoms with Gasteiger partial charge in [0.2, 0.25) is 5.95 Å². The maximum atomic E-state index is 13.6. The van der Waals surface area contributed by atoms with Crippen LogP contribution in [0, 0.1) is 5.82 Å². The van der Waals surface area contributed by atoms with Gasteiger partial charge in [0, 0.05) is 17.8 Å². The number of fused-ring (bicyclic) bond motifs is 1. The number of nitrogens with zero attached hydrogens (tertiary/aromatic N) is 5. The number of aromatic nitrogens is 5. The van der Waals surface area contributed by atoms with Crippen LogP contribution in [0.2, 0.25) is 0 Å². The predicted octanol–water partition coefficient (Wildman–Crippen LogP) is 1.82. The van der Waals surface area contributed by atoms with E-state index in [1.165, 1.54) is 23.0 Å². The van der Waals surface area contributed by atoms with Crippen molar-refractivity contribution < 1.29 is 14.3 Å². The highest BCUT2D eigenvalue weighted by Crippen LogP contribution is 2.19. The van der Waals surface area contributed by atoms with Crippen molar-refractivity contribution >= 4 is 28.7 Å². The van der Waals surface area contributed by atoms with E-state index in [9.17, 15) is 9.18 Å². The number of nitrogens with one attached hydrogen (secondary N) is 2. The Hall–Kier alpha value is -3.92. The van der Waals surface area contributed by atoms with Crippen LogP contribution in [-0.2, 0) is 0 Å². The lowest BCUT2D eigenvalue weighted by molar-refractivity contribution is 0.0945. The maximum Gasteiger partial charge on any atom is 0.251 e. The van der Waals surface area contributed by atoms with Crippen LogP contribution >= 0.6 is 0 Å². The molecular formula is C19H16FN7O2. The van der Waals surface area contributed by atoms with Crippen molar-refractivity contribution in [2.45, 2.75) is 0 Å². The molecule has 10 heteroatoms. The fraction of sp³-hybridized carbons (Fsp3) is 0.105. The first kappa shape index (κ1) is 18.4. The zero-order chi connectivity index (χ0) is 20.2. The lowest BCUT2D eigenvalue weighted by Gasteiger charge is -2.08. The van der Waals surface area contributed by atoms with Crippen LogP contribution in [0.3, 0.4) is 0 Å². The van der Waals surface area contributed by atoms with Crippen LogP contribution in [0.25, 0.3) is 16.9 Å². The van der Waals surface area contributed by atoms with E-state index in [-0.39, 0.29) is 25.0 Å². The van der Waals surface area contributed by atoms with Crippen molar-refractivity contribution in [3.63, 3.8) is 0 Å². The zero-order valence-electron chi connectivity index (χ0n) is 15.1. The molecule has 0 bridgehead atoms. The number of hydrogen-bond donors (Lipinski definition) is 3. The standard InChI is InChI=1S/C19H16FN7O2/c20-13-4-2-6-15(10-13)27-17-16(25-26-27)11-22-19(24-17)23-14-5-1-3-12(9-14)18(29)21-7-8-28/h1-6,9-11,28H,7-8H2,(H,21,29)(H,22,23,24). The minimum absolute atomic E-state index is 0.134. The van der Waals surface area contributed by atoms with Crippen molar-refractivity contribution in [2.24, 2.45) is 0 Å². The summed E-state index contributed by atoms with van der Waals surface area (Å²) in [5, 5.41) is 22.5. The summed E-state index contributed by atoms with van der Waals surface area (Å²) >= 11 is 0. The Morgan fingerprint density at radius 3 is 2.86 bits per heavy atom. The van der Waals surface area contributed by atoms with Gasteiger partial charge in [-0.3, -0.25) is 4.79 Å². The van der Waals surface area contributed by atoms with Crippen molar-refractivity contribution in [2.75, 3.05) is 18.5 Å². The van der Waals surface area contributed by atoms with E-state index in [1.54, 1.807) is 36.4 Å². The summed E-state index contributed by atoms with van der Waals surface area (Å²) in [4.78, 5) is 20.7. The van der Waals surface area contributed by atoms with Gasteiger partial charge >= 0.3 is 0 Å². The van der Waals surface area contributed by atoms with E-state index >= 15 is 0 Å². The molecule has 2 heterocycles. The topological polar surface area (TPSA) is 118 Å². The molecule has 0 unspecified atom stereocenters. The molecule has 29 heavy (non-hydrogen) atoms. The number of aliphatic hydroxyl groups excluding tert-OH is 1. The Morgan fingerprint density at radius 2 is 2.03 bits per heavy atom. The fourth-order valence-electron chi connectivity index (χ4n) is 2.71. The number of benzene rings is 2. The maximum absolute atomic E-state index is 13.6. The second-order valence-corrected chi connectivity index (χ2v) is 6.07. The summed E-state index contributed by atoms with van der Waals surface area (Å²) in [5.41, 5.74) is 2.38. The van der Waals surface area contributed by atoms with Crippen molar-refractivity contribution in [1.29, 1.82) is 0 Å². The number of carbonyl (C=O) groups excluding carboxylic acids is 1. The number of halogens is 1. The minimum atomic E-state index is -0.394. The number of rotatable bonds is 6. The van der Waals surface area contributed by atoms with Gasteiger partial charge < -0.3 is 15.7 Å². The van der Waals surface area contributed by atoms with Crippen molar-refractivity contribution in [3.8, 4) is 5.69 Å². The molecule has 0 aliphatic rings. The van der Waals surface area contributed by atoms with Gasteiger partial charge in [-0.25, -0.2) is 9.37 Å². The first-order valence-corrected chi connectivity index (χ1v) is 8.74. The van der Waals surface area contributed by atoms with Gasteiger partial charge in [0.1, 0.15) is 5.82 Å². The van der Waals surface area contributed by atoms with Gasteiger partial charge in [-0.1, -0.05) is 17.3 Å². The lowest BCUT2D eigenvalue weighted by atomic mass is 10.2. The first-order chi connectivity index (χ1) is 14.1. The number of hydrogen-bond acceptors (Lipinski definition) is 7. The first-order valence-electron chi connectivity index (χ1n) is 8.74. The normalized spacial score (nSPS) is 10.8. The summed E-state index contributed by atoms with van der Waals surface area (Å²) < 4.78 is 15.0. The third-order valence-electron chi connectivity index (χ3n) is 4.02. The molecule has 4 rings (SSSR count). The quantitative estimate of drug-likeness (QED) is 0.457. The molecule has 4 aromatic rings. The number of carbonyl (C=O) groups is 1. The van der Waals surface area contributed by atoms with Gasteiger partial charge in [-0.05, 0) is 36.4 Å². The highest BCUT2D eigenvalue weighted by molar-refractivity contribution is 5.95. The Morgan fingerprint density at radius 1 is 1.17 bits per heavy atom. The molecule has 0 spiro atoms. The van der Waals surface area contributed by atoms with Gasteiger partial charge in [-0.2, -0.15) is 9.67 Å². The number of anilines is 2. The molecular weight excluding hydrogens is 377 g/mol. The van der Waals surface area contributed by atoms with Crippen LogP contribution in [0.15, 0.2) is 54.7 Å². The Balaban J connectivity index is 1.62. The summed E-state index contributed by atoms with van der Waals surface area (Å²) in [6.45, 7) is 0.0396. The van der Waals surface area contributed by atoms with Crippen LogP contribution in [-0.4, -0.2) is 49.1 Å². The van der Waals surface area contributed by atoms with E-state index in [0.29, 0.717) is 28.1 Å². The Kier molecular flexibility index (Phi) is 5.08. The monoisotopic (exact) mass is 393 g/mol. The van der Waals surface area contributed by atoms with Crippen LogP contribution in [0.5, 0.6) is 0 Å². The predicted molar refractivity (Wildman–Crippen MR) is 104 cm³/mol. The number of aliphatic hydroxyl groups is 1. The molecule has 9 nitrogen and oxygen atoms in total. The average molecular weight is 393 g/mol. The molecule has 3 N–H and O–H groups in total. The molecule has 0 saturated carbocycles. The summed E-state index contributed by atoms with van der Waals surface area (Å²) in [7, 11) is 0. The molecule has 0 aliphatic carbocycles. The molecule has 0 radical (unpaired) electrons. The van der Waals surface area contributed by atoms with Crippen LogP contribution in [0.4, 0.5) is 16.0 Å². The molecule has 2 aromatic carbocycles. The van der Waals surface area contributed by atoms with Crippen LogP contribution < -0.4 is 10.6 Å². The minimum Gasteiger partial charge on any atom is -0.395 e. The van der Waals surface area contributed by atoms with E-state index in [0.717, 1.165) is 0 Å². The Bertz CT molecular complexity index is 1180. The van der Waals surface area contributed by atoms with E-state index in [2.05, 4.69) is 30.9 Å². The second-order valence-electron chi connectivity index (χ2n) is 6.07. The lowest BCUT2D eigenvalue weighted by Crippen LogP contribution is -2.26. The third kappa shape index (κ3) is 4.01. The molecule has 0 saturated heterocycles. The van der Waals surface area contributed by atoms with Gasteiger partial charge in [-0.15, -0.1) is 5.10 Å². The summed E-state index contributed by atoms with van der Waals surface area (Å²) in [6.07, 6.45) is 1.51. The van der Waals surface area contributed by atoms with Gasteiger partial charge in [0.25, 0.3) is 5.91 Å². The summed E-state index contributed by atoms with van der Waals surface area (Å²) in [5.74, 6) is -0.423.